The maximum Gasteiger partial charge on any atom is 0.120 e. The van der Waals surface area contributed by atoms with Crippen LogP contribution in [0, 0.1) is 13.8 Å². The summed E-state index contributed by atoms with van der Waals surface area (Å²) in [6.07, 6.45) is 2.32. The molecule has 0 aromatic heterocycles. The zero-order valence-electron chi connectivity index (χ0n) is 15.4. The molecule has 1 heterocycles. The Labute approximate surface area is 155 Å². The fraction of sp³-hybridized carbons (Fsp3) is 0.167. The number of hydrogen-bond acceptors (Lipinski definition) is 2. The second kappa shape index (κ2) is 6.72. The summed E-state index contributed by atoms with van der Waals surface area (Å²) in [5, 5.41) is 3.66. The van der Waals surface area contributed by atoms with E-state index >= 15 is 0 Å². The van der Waals surface area contributed by atoms with E-state index in [1.807, 2.05) is 6.07 Å². The van der Waals surface area contributed by atoms with Crippen molar-refractivity contribution in [3.8, 4) is 5.75 Å². The third-order valence-electron chi connectivity index (χ3n) is 4.96. The minimum absolute atomic E-state index is 0.131. The molecule has 0 saturated heterocycles. The van der Waals surface area contributed by atoms with Crippen LogP contribution in [-0.2, 0) is 0 Å². The van der Waals surface area contributed by atoms with Gasteiger partial charge in [-0.25, -0.2) is 0 Å². The van der Waals surface area contributed by atoms with Gasteiger partial charge in [-0.3, -0.25) is 0 Å². The molecule has 1 unspecified atom stereocenters. The summed E-state index contributed by atoms with van der Waals surface area (Å²) >= 11 is 0. The van der Waals surface area contributed by atoms with Gasteiger partial charge in [0.15, 0.2) is 0 Å². The molecule has 1 atom stereocenters. The molecule has 0 radical (unpaired) electrons. The van der Waals surface area contributed by atoms with Gasteiger partial charge in [0.2, 0.25) is 0 Å². The summed E-state index contributed by atoms with van der Waals surface area (Å²) < 4.78 is 5.43. The first-order valence-electron chi connectivity index (χ1n) is 8.94. The first-order valence-corrected chi connectivity index (χ1v) is 8.94. The van der Waals surface area contributed by atoms with Crippen LogP contribution >= 0.6 is 0 Å². The van der Waals surface area contributed by atoms with Crippen LogP contribution in [0.3, 0.4) is 0 Å². The van der Waals surface area contributed by atoms with Crippen molar-refractivity contribution in [2.24, 2.45) is 0 Å². The number of ether oxygens (including phenoxy) is 1. The lowest BCUT2D eigenvalue weighted by Crippen LogP contribution is -2.15. The number of nitrogens with one attached hydrogen (secondary N) is 1. The first-order chi connectivity index (χ1) is 12.6. The lowest BCUT2D eigenvalue weighted by Gasteiger charge is -2.27. The van der Waals surface area contributed by atoms with Gasteiger partial charge in [0.1, 0.15) is 5.75 Å². The number of anilines is 1. The van der Waals surface area contributed by atoms with E-state index < -0.39 is 0 Å². The average molecular weight is 341 g/mol. The van der Waals surface area contributed by atoms with Crippen LogP contribution in [0.2, 0.25) is 0 Å². The highest BCUT2D eigenvalue weighted by atomic mass is 16.5. The second-order valence-electron chi connectivity index (χ2n) is 6.89. The van der Waals surface area contributed by atoms with Gasteiger partial charge < -0.3 is 10.1 Å². The minimum atomic E-state index is 0.131. The topological polar surface area (TPSA) is 21.3 Å². The third-order valence-corrected chi connectivity index (χ3v) is 4.96. The highest BCUT2D eigenvalue weighted by Gasteiger charge is 2.21. The number of aryl methyl sites for hydroxylation is 2. The van der Waals surface area contributed by atoms with E-state index in [1.165, 1.54) is 33.4 Å². The molecule has 26 heavy (non-hydrogen) atoms. The number of benzene rings is 3. The number of hydrogen-bond donors (Lipinski definition) is 1. The lowest BCUT2D eigenvalue weighted by atomic mass is 9.89. The van der Waals surface area contributed by atoms with Crippen LogP contribution in [0.1, 0.15) is 33.9 Å². The quantitative estimate of drug-likeness (QED) is 0.639. The highest BCUT2D eigenvalue weighted by Crippen LogP contribution is 2.40. The predicted molar refractivity (Wildman–Crippen MR) is 109 cm³/mol. The smallest absolute Gasteiger partial charge is 0.120 e. The molecular weight excluding hydrogens is 318 g/mol. The minimum Gasteiger partial charge on any atom is -0.497 e. The molecule has 3 aromatic rings. The maximum atomic E-state index is 5.43. The Kier molecular flexibility index (Phi) is 4.26. The fourth-order valence-electron chi connectivity index (χ4n) is 3.41. The van der Waals surface area contributed by atoms with Gasteiger partial charge in [0.25, 0.3) is 0 Å². The summed E-state index contributed by atoms with van der Waals surface area (Å²) in [5.41, 5.74) is 8.61. The Balaban J connectivity index is 1.84. The summed E-state index contributed by atoms with van der Waals surface area (Å²) in [6.45, 7) is 4.24. The van der Waals surface area contributed by atoms with Crippen LogP contribution in [-0.4, -0.2) is 7.11 Å². The van der Waals surface area contributed by atoms with E-state index in [2.05, 4.69) is 85.9 Å². The van der Waals surface area contributed by atoms with Gasteiger partial charge >= 0.3 is 0 Å². The van der Waals surface area contributed by atoms with E-state index in [0.29, 0.717) is 0 Å². The van der Waals surface area contributed by atoms with Crippen molar-refractivity contribution >= 4 is 11.3 Å². The molecule has 1 N–H and O–H groups in total. The monoisotopic (exact) mass is 341 g/mol. The number of methoxy groups -OCH3 is 1. The zero-order chi connectivity index (χ0) is 18.1. The molecule has 2 heteroatoms. The summed E-state index contributed by atoms with van der Waals surface area (Å²) in [5.74, 6) is 0.865. The Morgan fingerprint density at radius 3 is 2.12 bits per heavy atom. The molecule has 1 aliphatic heterocycles. The van der Waals surface area contributed by atoms with Crippen molar-refractivity contribution in [3.63, 3.8) is 0 Å². The van der Waals surface area contributed by atoms with E-state index in [-0.39, 0.29) is 6.04 Å². The van der Waals surface area contributed by atoms with Gasteiger partial charge in [-0.05, 0) is 48.8 Å². The summed E-state index contributed by atoms with van der Waals surface area (Å²) in [6, 6.07) is 23.8. The molecule has 130 valence electrons. The molecule has 0 bridgehead atoms. The molecule has 0 aliphatic carbocycles. The lowest BCUT2D eigenvalue weighted by molar-refractivity contribution is 0.415. The van der Waals surface area contributed by atoms with Crippen molar-refractivity contribution in [3.05, 3.63) is 101 Å². The molecule has 0 amide bonds. The Hall–Kier alpha value is -3.00. The number of rotatable bonds is 3. The normalized spacial score (nSPS) is 15.7. The molecule has 1 aliphatic rings. The van der Waals surface area contributed by atoms with Gasteiger partial charge in [0, 0.05) is 17.3 Å². The first kappa shape index (κ1) is 16.5. The Bertz CT molecular complexity index is 953. The molecule has 0 fully saturated rings. The van der Waals surface area contributed by atoms with Crippen LogP contribution in [0.4, 0.5) is 5.69 Å². The van der Waals surface area contributed by atoms with E-state index in [1.54, 1.807) is 7.11 Å². The van der Waals surface area contributed by atoms with Crippen molar-refractivity contribution in [1.82, 2.24) is 0 Å². The van der Waals surface area contributed by atoms with Crippen LogP contribution in [0.15, 0.2) is 72.8 Å². The standard InChI is InChI=1S/C24H23NO/c1-16-4-8-18(9-5-16)22-15-23(19-10-6-17(2)7-11-19)25-24-14-20(26-3)12-13-21(22)24/h4-15,23,25H,1-3H3. The van der Waals surface area contributed by atoms with Crippen LogP contribution in [0.5, 0.6) is 5.75 Å². The van der Waals surface area contributed by atoms with Gasteiger partial charge in [-0.1, -0.05) is 59.7 Å². The second-order valence-corrected chi connectivity index (χ2v) is 6.89. The average Bonchev–Trinajstić information content (AvgIpc) is 2.68. The van der Waals surface area contributed by atoms with E-state index in [4.69, 9.17) is 4.74 Å². The van der Waals surface area contributed by atoms with Crippen molar-refractivity contribution < 1.29 is 4.74 Å². The molecule has 2 nitrogen and oxygen atoms in total. The zero-order valence-corrected chi connectivity index (χ0v) is 15.4. The van der Waals surface area contributed by atoms with Crippen LogP contribution in [0.25, 0.3) is 5.57 Å². The fourth-order valence-corrected chi connectivity index (χ4v) is 3.41. The Morgan fingerprint density at radius 2 is 1.46 bits per heavy atom. The SMILES string of the molecule is COc1ccc2c(c1)NC(c1ccc(C)cc1)C=C2c1ccc(C)cc1. The van der Waals surface area contributed by atoms with Crippen molar-refractivity contribution in [2.45, 2.75) is 19.9 Å². The molecular formula is C24H23NO. The predicted octanol–water partition coefficient (Wildman–Crippen LogP) is 5.91. The largest absolute Gasteiger partial charge is 0.497 e. The van der Waals surface area contributed by atoms with E-state index in [9.17, 15) is 0 Å². The van der Waals surface area contributed by atoms with Crippen molar-refractivity contribution in [2.75, 3.05) is 12.4 Å². The van der Waals surface area contributed by atoms with Gasteiger partial charge in [-0.2, -0.15) is 0 Å². The highest BCUT2D eigenvalue weighted by molar-refractivity contribution is 5.89. The molecule has 0 spiro atoms. The molecule has 4 rings (SSSR count). The molecule has 0 saturated carbocycles. The number of fused-ring (bicyclic) bond motifs is 1. The van der Waals surface area contributed by atoms with Crippen molar-refractivity contribution in [1.29, 1.82) is 0 Å². The van der Waals surface area contributed by atoms with Gasteiger partial charge in [-0.15, -0.1) is 0 Å². The van der Waals surface area contributed by atoms with Crippen LogP contribution < -0.4 is 10.1 Å². The van der Waals surface area contributed by atoms with E-state index in [0.717, 1.165) is 11.4 Å². The Morgan fingerprint density at radius 1 is 0.808 bits per heavy atom. The summed E-state index contributed by atoms with van der Waals surface area (Å²) in [7, 11) is 1.71. The third kappa shape index (κ3) is 3.11. The maximum absolute atomic E-state index is 5.43. The molecule has 3 aromatic carbocycles. The van der Waals surface area contributed by atoms with Gasteiger partial charge in [0.05, 0.1) is 13.2 Å². The summed E-state index contributed by atoms with van der Waals surface area (Å²) in [4.78, 5) is 0.